The second-order valence-corrected chi connectivity index (χ2v) is 18.5. The quantitative estimate of drug-likeness (QED) is 0.205. The van der Waals surface area contributed by atoms with E-state index >= 15 is 0 Å². The van der Waals surface area contributed by atoms with E-state index in [-0.39, 0.29) is 0 Å². The van der Waals surface area contributed by atoms with Crippen molar-refractivity contribution in [2.24, 2.45) is 0 Å². The Kier molecular flexibility index (Phi) is 7.25. The first-order chi connectivity index (χ1) is 18.2. The second kappa shape index (κ2) is 10.7. The Morgan fingerprint density at radius 3 is 1.57 bits per heavy atom. The highest BCUT2D eigenvalue weighted by atomic mass is 28.4. The fourth-order valence-electron chi connectivity index (χ4n) is 5.79. The van der Waals surface area contributed by atoms with E-state index in [1.54, 1.807) is 6.20 Å². The zero-order valence-electron chi connectivity index (χ0n) is 21.7. The summed E-state index contributed by atoms with van der Waals surface area (Å²) in [6, 6.07) is 36.6. The zero-order valence-corrected chi connectivity index (χ0v) is 23.7. The predicted molar refractivity (Wildman–Crippen MR) is 159 cm³/mol. The monoisotopic (exact) mass is 519 g/mol. The van der Waals surface area contributed by atoms with Crippen molar-refractivity contribution in [1.29, 1.82) is 0 Å². The standard InChI is InChI=1S/C30H33N5Si2/c1-4-36(5-2,6-3)35(29-23-32-30-28(34-29)22-31-24-33-30)37(25-16-10-7-11-17-25,26-18-12-8-13-19-26)27-20-14-9-15-21-27/h7-24H,4-6H2,1-3H3. The minimum Gasteiger partial charge on any atom is -0.397 e. The van der Waals surface area contributed by atoms with E-state index in [2.05, 4.69) is 126 Å². The zero-order chi connectivity index (χ0) is 25.7. The van der Waals surface area contributed by atoms with Crippen molar-refractivity contribution >= 4 is 49.0 Å². The van der Waals surface area contributed by atoms with Gasteiger partial charge in [-0.25, -0.2) is 19.9 Å². The van der Waals surface area contributed by atoms with Crippen LogP contribution in [0.15, 0.2) is 110 Å². The fraction of sp³-hybridized carbons (Fsp3) is 0.200. The van der Waals surface area contributed by atoms with Crippen molar-refractivity contribution < 1.29 is 0 Å². The average Bonchev–Trinajstić information content (AvgIpc) is 2.99. The molecule has 0 aliphatic heterocycles. The summed E-state index contributed by atoms with van der Waals surface area (Å²) >= 11 is 0. The molecule has 0 aliphatic carbocycles. The molecule has 5 nitrogen and oxygen atoms in total. The molecule has 5 rings (SSSR count). The topological polar surface area (TPSA) is 54.8 Å². The lowest BCUT2D eigenvalue weighted by atomic mass is 10.3. The number of hydrogen-bond acceptors (Lipinski definition) is 5. The van der Waals surface area contributed by atoms with Gasteiger partial charge in [-0.3, -0.25) is 0 Å². The van der Waals surface area contributed by atoms with Gasteiger partial charge >= 0.3 is 0 Å². The molecule has 186 valence electrons. The molecule has 0 radical (unpaired) electrons. The molecule has 0 saturated heterocycles. The molecule has 5 aromatic rings. The van der Waals surface area contributed by atoms with E-state index in [9.17, 15) is 0 Å². The highest BCUT2D eigenvalue weighted by molar-refractivity contribution is 7.21. The molecule has 0 spiro atoms. The SMILES string of the molecule is CC[Si](CC)(CC)N(c1cnc2ncncc2n1)[Si](c1ccccc1)(c1ccccc1)c1ccccc1. The van der Waals surface area contributed by atoms with Crippen LogP contribution in [0.1, 0.15) is 20.8 Å². The predicted octanol–water partition coefficient (Wildman–Crippen LogP) is 4.90. The van der Waals surface area contributed by atoms with Crippen molar-refractivity contribution in [3.63, 3.8) is 0 Å². The Bertz CT molecular complexity index is 1340. The van der Waals surface area contributed by atoms with E-state index in [0.717, 1.165) is 29.5 Å². The van der Waals surface area contributed by atoms with Gasteiger partial charge in [-0.1, -0.05) is 112 Å². The maximum Gasteiger partial charge on any atom is 0.246 e. The molecule has 0 atom stereocenters. The number of hydrogen-bond donors (Lipinski definition) is 0. The van der Waals surface area contributed by atoms with Crippen LogP contribution < -0.4 is 19.8 Å². The van der Waals surface area contributed by atoms with Gasteiger partial charge in [-0.2, -0.15) is 0 Å². The molecule has 0 N–H and O–H groups in total. The fourth-order valence-corrected chi connectivity index (χ4v) is 18.5. The first-order valence-electron chi connectivity index (χ1n) is 13.1. The number of fused-ring (bicyclic) bond motifs is 1. The minimum absolute atomic E-state index is 0.627. The highest BCUT2D eigenvalue weighted by Gasteiger charge is 2.53. The van der Waals surface area contributed by atoms with Crippen LogP contribution in [-0.4, -0.2) is 36.4 Å². The van der Waals surface area contributed by atoms with E-state index in [1.807, 2.05) is 6.20 Å². The van der Waals surface area contributed by atoms with E-state index in [4.69, 9.17) is 9.97 Å². The maximum absolute atomic E-state index is 5.24. The minimum atomic E-state index is -2.83. The van der Waals surface area contributed by atoms with Gasteiger partial charge in [0.2, 0.25) is 8.24 Å². The summed E-state index contributed by atoms with van der Waals surface area (Å²) in [5.74, 6) is 0.933. The van der Waals surface area contributed by atoms with E-state index in [0.29, 0.717) is 5.65 Å². The molecular formula is C30H33N5Si2. The summed E-state index contributed by atoms with van der Waals surface area (Å²) in [6.45, 7) is 7.10. The van der Waals surface area contributed by atoms with Gasteiger partial charge in [0.05, 0.1) is 12.4 Å². The van der Waals surface area contributed by atoms with E-state index in [1.165, 1.54) is 21.9 Å². The Morgan fingerprint density at radius 1 is 0.622 bits per heavy atom. The van der Waals surface area contributed by atoms with E-state index < -0.39 is 16.5 Å². The lowest BCUT2D eigenvalue weighted by molar-refractivity contribution is 1.09. The largest absolute Gasteiger partial charge is 0.397 e. The summed E-state index contributed by atoms with van der Waals surface area (Å²) in [4.78, 5) is 18.7. The third kappa shape index (κ3) is 4.28. The lowest BCUT2D eigenvalue weighted by Crippen LogP contribution is -2.83. The summed E-state index contributed by atoms with van der Waals surface area (Å²) in [5.41, 5.74) is 1.36. The first-order valence-corrected chi connectivity index (χ1v) is 17.6. The van der Waals surface area contributed by atoms with Gasteiger partial charge in [-0.15, -0.1) is 0 Å². The number of aromatic nitrogens is 4. The molecule has 3 aromatic carbocycles. The molecule has 37 heavy (non-hydrogen) atoms. The van der Waals surface area contributed by atoms with Crippen molar-refractivity contribution in [2.75, 3.05) is 4.23 Å². The van der Waals surface area contributed by atoms with Crippen LogP contribution in [0.25, 0.3) is 11.2 Å². The molecule has 7 heteroatoms. The average molecular weight is 520 g/mol. The van der Waals surface area contributed by atoms with Crippen LogP contribution in [0.2, 0.25) is 18.1 Å². The number of benzene rings is 3. The lowest BCUT2D eigenvalue weighted by Gasteiger charge is -2.53. The Balaban J connectivity index is 1.97. The maximum atomic E-state index is 5.24. The number of rotatable bonds is 9. The molecule has 2 heterocycles. The first kappa shape index (κ1) is 25.0. The number of anilines is 1. The molecule has 0 aliphatic rings. The van der Waals surface area contributed by atoms with Gasteiger partial charge in [0, 0.05) is 0 Å². The molecule has 0 unspecified atom stereocenters. The highest BCUT2D eigenvalue weighted by Crippen LogP contribution is 2.34. The third-order valence-electron chi connectivity index (χ3n) is 7.80. The molecule has 0 saturated carbocycles. The van der Waals surface area contributed by atoms with Gasteiger partial charge < -0.3 is 4.23 Å². The molecule has 0 amide bonds. The molecular weight excluding hydrogens is 487 g/mol. The van der Waals surface area contributed by atoms with Gasteiger partial charge in [0.25, 0.3) is 0 Å². The van der Waals surface area contributed by atoms with Gasteiger partial charge in [0.1, 0.15) is 25.9 Å². The van der Waals surface area contributed by atoms with Crippen LogP contribution in [0.3, 0.4) is 0 Å². The van der Waals surface area contributed by atoms with Gasteiger partial charge in [0.15, 0.2) is 5.65 Å². The van der Waals surface area contributed by atoms with Crippen molar-refractivity contribution in [3.05, 3.63) is 110 Å². The Hall–Kier alpha value is -3.69. The van der Waals surface area contributed by atoms with Crippen LogP contribution >= 0.6 is 0 Å². The van der Waals surface area contributed by atoms with Crippen LogP contribution in [0.5, 0.6) is 0 Å². The second-order valence-electron chi connectivity index (χ2n) is 9.39. The van der Waals surface area contributed by atoms with Crippen LogP contribution in [-0.2, 0) is 0 Å². The normalized spacial score (nSPS) is 12.0. The van der Waals surface area contributed by atoms with Crippen LogP contribution in [0.4, 0.5) is 5.82 Å². The molecule has 0 bridgehead atoms. The smallest absolute Gasteiger partial charge is 0.246 e. The summed E-state index contributed by atoms with van der Waals surface area (Å²) < 4.78 is 2.82. The van der Waals surface area contributed by atoms with Crippen molar-refractivity contribution in [3.8, 4) is 0 Å². The molecule has 2 aromatic heterocycles. The summed E-state index contributed by atoms with van der Waals surface area (Å²) in [6.07, 6.45) is 5.27. The summed E-state index contributed by atoms with van der Waals surface area (Å²) in [7, 11) is -4.94. The Morgan fingerprint density at radius 2 is 1.11 bits per heavy atom. The van der Waals surface area contributed by atoms with Crippen molar-refractivity contribution in [2.45, 2.75) is 38.9 Å². The Labute approximate surface area is 221 Å². The van der Waals surface area contributed by atoms with Crippen molar-refractivity contribution in [1.82, 2.24) is 19.9 Å². The third-order valence-corrected chi connectivity index (χ3v) is 19.8. The number of nitrogens with zero attached hydrogens (tertiary/aromatic N) is 5. The summed E-state index contributed by atoms with van der Waals surface area (Å²) in [5, 5.41) is 4.06. The van der Waals surface area contributed by atoms with Gasteiger partial charge in [-0.05, 0) is 33.7 Å². The van der Waals surface area contributed by atoms with Crippen LogP contribution in [0, 0.1) is 0 Å². The molecule has 0 fully saturated rings.